The fourth-order valence-electron chi connectivity index (χ4n) is 2.93. The van der Waals surface area contributed by atoms with Crippen LogP contribution in [0, 0.1) is 5.41 Å². The maximum Gasteiger partial charge on any atom is 0.410 e. The second kappa shape index (κ2) is 4.66. The van der Waals surface area contributed by atoms with Crippen molar-refractivity contribution >= 4 is 11.9 Å². The summed E-state index contributed by atoms with van der Waals surface area (Å²) in [6.07, 6.45) is 3.86. The molecule has 0 bridgehead atoms. The molecule has 0 N–H and O–H groups in total. The summed E-state index contributed by atoms with van der Waals surface area (Å²) >= 11 is 0. The summed E-state index contributed by atoms with van der Waals surface area (Å²) in [7, 11) is 0. The molecule has 0 radical (unpaired) electrons. The number of piperidine rings is 1. The molecule has 0 aromatic carbocycles. The number of allylic oxidation sites excluding steroid dienone is 2. The van der Waals surface area contributed by atoms with E-state index in [4.69, 9.17) is 4.74 Å². The smallest absolute Gasteiger partial charge is 0.410 e. The molecular formula is C15H23NO3. The molecule has 19 heavy (non-hydrogen) atoms. The Balaban J connectivity index is 1.95. The normalized spacial score (nSPS) is 22.6. The first kappa shape index (κ1) is 14.1. The number of carbonyl (C=O) groups is 2. The van der Waals surface area contributed by atoms with E-state index in [1.165, 1.54) is 5.57 Å². The molecule has 1 spiro atoms. The van der Waals surface area contributed by atoms with Gasteiger partial charge in [0.05, 0.1) is 0 Å². The van der Waals surface area contributed by atoms with Crippen molar-refractivity contribution < 1.29 is 14.3 Å². The lowest BCUT2D eigenvalue weighted by Gasteiger charge is -2.40. The molecule has 0 saturated carbocycles. The number of hydrogen-bond acceptors (Lipinski definition) is 3. The fourth-order valence-corrected chi connectivity index (χ4v) is 2.93. The minimum atomic E-state index is -0.453. The van der Waals surface area contributed by atoms with Gasteiger partial charge in [0.25, 0.3) is 0 Å². The van der Waals surface area contributed by atoms with E-state index >= 15 is 0 Å². The second-order valence-electron chi connectivity index (χ2n) is 6.72. The lowest BCUT2D eigenvalue weighted by molar-refractivity contribution is -0.115. The lowest BCUT2D eigenvalue weighted by atomic mass is 9.73. The van der Waals surface area contributed by atoms with Gasteiger partial charge in [-0.1, -0.05) is 5.57 Å². The Morgan fingerprint density at radius 3 is 2.32 bits per heavy atom. The van der Waals surface area contributed by atoms with Crippen LogP contribution in [0.5, 0.6) is 0 Å². The summed E-state index contributed by atoms with van der Waals surface area (Å²) in [4.78, 5) is 25.3. The number of hydrogen-bond donors (Lipinski definition) is 0. The number of carbonyl (C=O) groups excluding carboxylic acids is 2. The summed E-state index contributed by atoms with van der Waals surface area (Å²) in [6.45, 7) is 9.01. The SMILES string of the molecule is CC1=CC(=O)CC12CCN(C(=O)OC(C)(C)C)CC2. The van der Waals surface area contributed by atoms with Crippen LogP contribution in [0.25, 0.3) is 0 Å². The van der Waals surface area contributed by atoms with Crippen LogP contribution in [-0.4, -0.2) is 35.5 Å². The van der Waals surface area contributed by atoms with E-state index in [2.05, 4.69) is 0 Å². The molecule has 0 aromatic heterocycles. The summed E-state index contributed by atoms with van der Waals surface area (Å²) in [6, 6.07) is 0. The van der Waals surface area contributed by atoms with Crippen molar-refractivity contribution in [3.63, 3.8) is 0 Å². The van der Waals surface area contributed by atoms with E-state index in [9.17, 15) is 9.59 Å². The van der Waals surface area contributed by atoms with Crippen molar-refractivity contribution in [2.45, 2.75) is 52.6 Å². The van der Waals surface area contributed by atoms with Gasteiger partial charge in [0.1, 0.15) is 5.60 Å². The van der Waals surface area contributed by atoms with Gasteiger partial charge in [0, 0.05) is 24.9 Å². The maximum atomic E-state index is 12.0. The molecule has 0 aromatic rings. The van der Waals surface area contributed by atoms with Crippen LogP contribution in [0.4, 0.5) is 4.79 Å². The van der Waals surface area contributed by atoms with Crippen LogP contribution in [0.1, 0.15) is 47.0 Å². The van der Waals surface area contributed by atoms with Gasteiger partial charge in [-0.3, -0.25) is 4.79 Å². The predicted octanol–water partition coefficient (Wildman–Crippen LogP) is 2.92. The average Bonchev–Trinajstić information content (AvgIpc) is 2.52. The number of ketones is 1. The van der Waals surface area contributed by atoms with Crippen molar-refractivity contribution in [3.05, 3.63) is 11.6 Å². The summed E-state index contributed by atoms with van der Waals surface area (Å²) in [5.74, 6) is 0.225. The Morgan fingerprint density at radius 2 is 1.89 bits per heavy atom. The highest BCUT2D eigenvalue weighted by Gasteiger charge is 2.42. The van der Waals surface area contributed by atoms with Gasteiger partial charge >= 0.3 is 6.09 Å². The van der Waals surface area contributed by atoms with Crippen LogP contribution in [-0.2, 0) is 9.53 Å². The van der Waals surface area contributed by atoms with E-state index < -0.39 is 5.60 Å². The molecule has 1 aliphatic carbocycles. The molecule has 0 atom stereocenters. The molecule has 4 nitrogen and oxygen atoms in total. The molecule has 2 aliphatic rings. The monoisotopic (exact) mass is 265 g/mol. The molecule has 0 unspecified atom stereocenters. The average molecular weight is 265 g/mol. The highest BCUT2D eigenvalue weighted by Crippen LogP contribution is 2.45. The number of likely N-dealkylation sites (tertiary alicyclic amines) is 1. The van der Waals surface area contributed by atoms with Gasteiger partial charge in [-0.05, 0) is 46.6 Å². The third-order valence-corrected chi connectivity index (χ3v) is 4.10. The zero-order valence-corrected chi connectivity index (χ0v) is 12.3. The van der Waals surface area contributed by atoms with E-state index in [1.54, 1.807) is 11.0 Å². The first-order valence-corrected chi connectivity index (χ1v) is 6.91. The maximum absolute atomic E-state index is 12.0. The van der Waals surface area contributed by atoms with Crippen molar-refractivity contribution in [3.8, 4) is 0 Å². The molecule has 1 fully saturated rings. The summed E-state index contributed by atoms with van der Waals surface area (Å²) in [5.41, 5.74) is 0.738. The quantitative estimate of drug-likeness (QED) is 0.676. The van der Waals surface area contributed by atoms with Crippen LogP contribution >= 0.6 is 0 Å². The van der Waals surface area contributed by atoms with E-state index in [1.807, 2.05) is 27.7 Å². The van der Waals surface area contributed by atoms with Gasteiger partial charge in [-0.15, -0.1) is 0 Å². The van der Waals surface area contributed by atoms with Gasteiger partial charge in [0.15, 0.2) is 5.78 Å². The van der Waals surface area contributed by atoms with Crippen LogP contribution in [0.15, 0.2) is 11.6 Å². The van der Waals surface area contributed by atoms with Crippen LogP contribution < -0.4 is 0 Å². The van der Waals surface area contributed by atoms with Crippen molar-refractivity contribution in [1.29, 1.82) is 0 Å². The molecule has 4 heteroatoms. The van der Waals surface area contributed by atoms with Gasteiger partial charge in [-0.25, -0.2) is 4.79 Å². The number of nitrogens with zero attached hydrogens (tertiary/aromatic N) is 1. The van der Waals surface area contributed by atoms with Gasteiger partial charge in [-0.2, -0.15) is 0 Å². The first-order valence-electron chi connectivity index (χ1n) is 6.91. The third-order valence-electron chi connectivity index (χ3n) is 4.10. The zero-order valence-electron chi connectivity index (χ0n) is 12.3. The minimum absolute atomic E-state index is 0.00952. The molecule has 1 aliphatic heterocycles. The Hall–Kier alpha value is -1.32. The number of ether oxygens (including phenoxy) is 1. The van der Waals surface area contributed by atoms with E-state index in [0.717, 1.165) is 12.8 Å². The lowest BCUT2D eigenvalue weighted by Crippen LogP contribution is -2.45. The minimum Gasteiger partial charge on any atom is -0.444 e. The van der Waals surface area contributed by atoms with E-state index in [-0.39, 0.29) is 17.3 Å². The third kappa shape index (κ3) is 2.99. The topological polar surface area (TPSA) is 46.6 Å². The Kier molecular flexibility index (Phi) is 3.45. The number of amides is 1. The predicted molar refractivity (Wildman–Crippen MR) is 72.9 cm³/mol. The van der Waals surface area contributed by atoms with Gasteiger partial charge < -0.3 is 9.64 Å². The molecule has 106 valence electrons. The molecule has 2 rings (SSSR count). The summed E-state index contributed by atoms with van der Waals surface area (Å²) in [5, 5.41) is 0. The second-order valence-corrected chi connectivity index (χ2v) is 6.72. The highest BCUT2D eigenvalue weighted by atomic mass is 16.6. The van der Waals surface area contributed by atoms with Crippen LogP contribution in [0.3, 0.4) is 0 Å². The Morgan fingerprint density at radius 1 is 1.32 bits per heavy atom. The van der Waals surface area contributed by atoms with Gasteiger partial charge in [0.2, 0.25) is 0 Å². The number of rotatable bonds is 0. The van der Waals surface area contributed by atoms with Crippen LogP contribution in [0.2, 0.25) is 0 Å². The fraction of sp³-hybridized carbons (Fsp3) is 0.733. The van der Waals surface area contributed by atoms with Crippen molar-refractivity contribution in [2.24, 2.45) is 5.41 Å². The molecular weight excluding hydrogens is 242 g/mol. The molecule has 1 heterocycles. The van der Waals surface area contributed by atoms with E-state index in [0.29, 0.717) is 19.5 Å². The summed E-state index contributed by atoms with van der Waals surface area (Å²) < 4.78 is 5.38. The largest absolute Gasteiger partial charge is 0.444 e. The zero-order chi connectivity index (χ0) is 14.3. The Labute approximate surface area is 114 Å². The Bertz CT molecular complexity index is 423. The highest BCUT2D eigenvalue weighted by molar-refractivity contribution is 5.94. The first-order chi connectivity index (χ1) is 8.72. The standard InChI is InChI=1S/C15H23NO3/c1-11-9-12(17)10-15(11)5-7-16(8-6-15)13(18)19-14(2,3)4/h9H,5-8,10H2,1-4H3. The van der Waals surface area contributed by atoms with Crippen molar-refractivity contribution in [1.82, 2.24) is 4.90 Å². The molecule has 1 saturated heterocycles. The van der Waals surface area contributed by atoms with Crippen molar-refractivity contribution in [2.75, 3.05) is 13.1 Å². The molecule has 1 amide bonds.